The van der Waals surface area contributed by atoms with Crippen LogP contribution in [0.1, 0.15) is 28.0 Å². The monoisotopic (exact) mass is 333 g/mol. The molecule has 1 aliphatic carbocycles. The van der Waals surface area contributed by atoms with Gasteiger partial charge in [0.15, 0.2) is 0 Å². The van der Waals surface area contributed by atoms with E-state index in [0.29, 0.717) is 5.56 Å². The first-order valence-electron chi connectivity index (χ1n) is 8.78. The van der Waals surface area contributed by atoms with Crippen molar-refractivity contribution in [2.45, 2.75) is 25.3 Å². The van der Waals surface area contributed by atoms with E-state index in [-0.39, 0.29) is 11.9 Å². The van der Waals surface area contributed by atoms with Gasteiger partial charge in [0.1, 0.15) is 0 Å². The number of aryl methyl sites for hydroxylation is 1. The number of benzene rings is 2. The summed E-state index contributed by atoms with van der Waals surface area (Å²) >= 11 is 0. The smallest absolute Gasteiger partial charge is 0.251 e. The Hall–Kier alpha value is -2.75. The van der Waals surface area contributed by atoms with Crippen LogP contribution in [0.5, 0.6) is 0 Å². The van der Waals surface area contributed by atoms with Gasteiger partial charge >= 0.3 is 0 Å². The maximum absolute atomic E-state index is 12.5. The van der Waals surface area contributed by atoms with Gasteiger partial charge in [0.2, 0.25) is 0 Å². The number of hydrogen-bond donors (Lipinski definition) is 2. The second-order valence-electron chi connectivity index (χ2n) is 6.98. The highest BCUT2D eigenvalue weighted by atomic mass is 16.1. The molecule has 0 radical (unpaired) electrons. The number of H-pyrrole nitrogens is 1. The van der Waals surface area contributed by atoms with Crippen LogP contribution in [0, 0.1) is 0 Å². The number of para-hydroxylation sites is 1. The van der Waals surface area contributed by atoms with Crippen LogP contribution in [0.4, 0.5) is 5.69 Å². The molecule has 0 aliphatic heterocycles. The Kier molecular flexibility index (Phi) is 3.96. The molecule has 1 amide bonds. The van der Waals surface area contributed by atoms with E-state index in [1.165, 1.54) is 22.2 Å². The lowest BCUT2D eigenvalue weighted by atomic mass is 9.91. The minimum Gasteiger partial charge on any atom is -0.378 e. The fourth-order valence-electron chi connectivity index (χ4n) is 3.69. The molecule has 1 heterocycles. The van der Waals surface area contributed by atoms with Gasteiger partial charge in [-0.25, -0.2) is 0 Å². The van der Waals surface area contributed by atoms with E-state index in [2.05, 4.69) is 34.6 Å². The van der Waals surface area contributed by atoms with Gasteiger partial charge in [0.25, 0.3) is 5.91 Å². The summed E-state index contributed by atoms with van der Waals surface area (Å²) in [6.07, 6.45) is 2.85. The molecule has 4 heteroatoms. The first kappa shape index (κ1) is 15.8. The topological polar surface area (TPSA) is 48.1 Å². The quantitative estimate of drug-likeness (QED) is 0.770. The van der Waals surface area contributed by atoms with E-state index in [4.69, 9.17) is 0 Å². The summed E-state index contributed by atoms with van der Waals surface area (Å²) in [5.41, 5.74) is 5.68. The summed E-state index contributed by atoms with van der Waals surface area (Å²) in [7, 11) is 3.99. The number of nitrogens with zero attached hydrogens (tertiary/aromatic N) is 1. The molecule has 0 saturated heterocycles. The number of aromatic amines is 1. The van der Waals surface area contributed by atoms with E-state index in [1.807, 2.05) is 43.3 Å². The summed E-state index contributed by atoms with van der Waals surface area (Å²) in [4.78, 5) is 18.1. The number of amides is 1. The summed E-state index contributed by atoms with van der Waals surface area (Å²) in [6, 6.07) is 16.4. The third kappa shape index (κ3) is 3.00. The van der Waals surface area contributed by atoms with Crippen LogP contribution in [0.25, 0.3) is 10.9 Å². The van der Waals surface area contributed by atoms with Crippen molar-refractivity contribution in [2.24, 2.45) is 0 Å². The average molecular weight is 333 g/mol. The summed E-state index contributed by atoms with van der Waals surface area (Å²) in [5.74, 6) is 0.00914. The van der Waals surface area contributed by atoms with Gasteiger partial charge < -0.3 is 15.2 Å². The summed E-state index contributed by atoms with van der Waals surface area (Å²) < 4.78 is 0. The normalized spacial score (nSPS) is 16.5. The van der Waals surface area contributed by atoms with Crippen molar-refractivity contribution < 1.29 is 4.79 Å². The summed E-state index contributed by atoms with van der Waals surface area (Å²) in [6.45, 7) is 0. The zero-order valence-electron chi connectivity index (χ0n) is 14.7. The molecule has 2 aromatic carbocycles. The number of fused-ring (bicyclic) bond motifs is 3. The minimum atomic E-state index is 0.00914. The van der Waals surface area contributed by atoms with E-state index in [0.717, 1.165) is 24.9 Å². The highest BCUT2D eigenvalue weighted by molar-refractivity contribution is 5.94. The van der Waals surface area contributed by atoms with Gasteiger partial charge in [-0.3, -0.25) is 4.79 Å². The second kappa shape index (κ2) is 6.28. The maximum Gasteiger partial charge on any atom is 0.251 e. The fraction of sp³-hybridized carbons (Fsp3) is 0.286. The molecule has 0 spiro atoms. The lowest BCUT2D eigenvalue weighted by molar-refractivity contribution is 0.0933. The Bertz CT molecular complexity index is 909. The average Bonchev–Trinajstić information content (AvgIpc) is 2.99. The third-order valence-corrected chi connectivity index (χ3v) is 5.08. The fourth-order valence-corrected chi connectivity index (χ4v) is 3.69. The molecular formula is C21H23N3O. The zero-order chi connectivity index (χ0) is 17.4. The molecule has 2 N–H and O–H groups in total. The van der Waals surface area contributed by atoms with Crippen molar-refractivity contribution in [3.63, 3.8) is 0 Å². The highest BCUT2D eigenvalue weighted by Gasteiger charge is 2.23. The van der Waals surface area contributed by atoms with Crippen LogP contribution in [-0.2, 0) is 12.8 Å². The molecular weight excluding hydrogens is 310 g/mol. The van der Waals surface area contributed by atoms with Crippen molar-refractivity contribution in [1.29, 1.82) is 0 Å². The van der Waals surface area contributed by atoms with Crippen molar-refractivity contribution in [3.8, 4) is 0 Å². The Morgan fingerprint density at radius 2 is 1.88 bits per heavy atom. The first-order chi connectivity index (χ1) is 12.1. The van der Waals surface area contributed by atoms with Crippen LogP contribution in [-0.4, -0.2) is 31.0 Å². The molecule has 0 fully saturated rings. The SMILES string of the molecule is CN(C)c1ccc(C(=O)NC2CCc3c([nH]c4ccccc34)C2)cc1. The number of hydrogen-bond acceptors (Lipinski definition) is 2. The molecule has 4 nitrogen and oxygen atoms in total. The number of carbonyl (C=O) groups excluding carboxylic acids is 1. The molecule has 0 saturated carbocycles. The minimum absolute atomic E-state index is 0.00914. The Morgan fingerprint density at radius 3 is 2.64 bits per heavy atom. The molecule has 1 unspecified atom stereocenters. The van der Waals surface area contributed by atoms with Crippen LogP contribution in [0.2, 0.25) is 0 Å². The van der Waals surface area contributed by atoms with Gasteiger partial charge in [0, 0.05) is 54.4 Å². The predicted molar refractivity (Wildman–Crippen MR) is 102 cm³/mol. The van der Waals surface area contributed by atoms with Gasteiger partial charge in [-0.1, -0.05) is 18.2 Å². The molecule has 25 heavy (non-hydrogen) atoms. The van der Waals surface area contributed by atoms with Crippen molar-refractivity contribution in [2.75, 3.05) is 19.0 Å². The van der Waals surface area contributed by atoms with E-state index in [1.54, 1.807) is 0 Å². The largest absolute Gasteiger partial charge is 0.378 e. The molecule has 1 aliphatic rings. The number of aromatic nitrogens is 1. The van der Waals surface area contributed by atoms with Crippen LogP contribution >= 0.6 is 0 Å². The lowest BCUT2D eigenvalue weighted by Gasteiger charge is -2.23. The first-order valence-corrected chi connectivity index (χ1v) is 8.78. The zero-order valence-corrected chi connectivity index (χ0v) is 14.7. The Morgan fingerprint density at radius 1 is 1.12 bits per heavy atom. The van der Waals surface area contributed by atoms with E-state index < -0.39 is 0 Å². The van der Waals surface area contributed by atoms with Crippen molar-refractivity contribution >= 4 is 22.5 Å². The molecule has 1 atom stereocenters. The van der Waals surface area contributed by atoms with Crippen LogP contribution in [0.15, 0.2) is 48.5 Å². The molecule has 0 bridgehead atoms. The number of nitrogens with one attached hydrogen (secondary N) is 2. The van der Waals surface area contributed by atoms with Crippen molar-refractivity contribution in [1.82, 2.24) is 10.3 Å². The number of rotatable bonds is 3. The van der Waals surface area contributed by atoms with Crippen LogP contribution < -0.4 is 10.2 Å². The van der Waals surface area contributed by atoms with E-state index in [9.17, 15) is 4.79 Å². The molecule has 128 valence electrons. The number of carbonyl (C=O) groups is 1. The maximum atomic E-state index is 12.5. The molecule has 1 aromatic heterocycles. The third-order valence-electron chi connectivity index (χ3n) is 5.08. The molecule has 4 rings (SSSR count). The Labute approximate surface area is 147 Å². The van der Waals surface area contributed by atoms with Crippen LogP contribution in [0.3, 0.4) is 0 Å². The van der Waals surface area contributed by atoms with Crippen molar-refractivity contribution in [3.05, 3.63) is 65.4 Å². The van der Waals surface area contributed by atoms with Gasteiger partial charge in [0.05, 0.1) is 0 Å². The number of anilines is 1. The van der Waals surface area contributed by atoms with E-state index >= 15 is 0 Å². The van der Waals surface area contributed by atoms with Gasteiger partial charge in [-0.2, -0.15) is 0 Å². The lowest BCUT2D eigenvalue weighted by Crippen LogP contribution is -2.38. The van der Waals surface area contributed by atoms with Gasteiger partial charge in [-0.15, -0.1) is 0 Å². The summed E-state index contributed by atoms with van der Waals surface area (Å²) in [5, 5.41) is 4.52. The van der Waals surface area contributed by atoms with Gasteiger partial charge in [-0.05, 0) is 48.7 Å². The second-order valence-corrected chi connectivity index (χ2v) is 6.98. The highest BCUT2D eigenvalue weighted by Crippen LogP contribution is 2.29. The predicted octanol–water partition coefficient (Wildman–Crippen LogP) is 3.52. The standard InChI is InChI=1S/C21H23N3O/c1-24(2)16-10-7-14(8-11-16)21(25)22-15-9-12-18-17-5-3-4-6-19(17)23-20(18)13-15/h3-8,10-11,15,23H,9,12-13H2,1-2H3,(H,22,25). The Balaban J connectivity index is 1.47. The molecule has 3 aromatic rings.